The largest absolute Gasteiger partial charge is 0.399 e. The molecule has 8 heteroatoms. The topological polar surface area (TPSA) is 72.2 Å². The Kier molecular flexibility index (Phi) is 5.24. The molecule has 0 radical (unpaired) electrons. The van der Waals surface area contributed by atoms with Gasteiger partial charge in [0.25, 0.3) is 10.0 Å². The summed E-state index contributed by atoms with van der Waals surface area (Å²) in [5, 5.41) is 0. The molecule has 0 amide bonds. The predicted octanol–water partition coefficient (Wildman–Crippen LogP) is 4.32. The first-order valence-electron chi connectivity index (χ1n) is 5.75. The molecule has 3 N–H and O–H groups in total. The van der Waals surface area contributed by atoms with Gasteiger partial charge in [-0.15, -0.1) is 11.8 Å². The Hall–Kier alpha value is -0.700. The van der Waals surface area contributed by atoms with Gasteiger partial charge in [-0.1, -0.05) is 6.07 Å². The fourth-order valence-corrected chi connectivity index (χ4v) is 5.86. The fourth-order valence-electron chi connectivity index (χ4n) is 1.73. The smallest absolute Gasteiger partial charge is 0.264 e. The van der Waals surface area contributed by atoms with E-state index < -0.39 is 10.0 Å². The van der Waals surface area contributed by atoms with Crippen LogP contribution in [0.25, 0.3) is 0 Å². The number of anilines is 2. The van der Waals surface area contributed by atoms with Gasteiger partial charge in [-0.2, -0.15) is 0 Å². The lowest BCUT2D eigenvalue weighted by molar-refractivity contribution is 0.600. The summed E-state index contributed by atoms with van der Waals surface area (Å²) in [6, 6.07) is 10.3. The first-order valence-corrected chi connectivity index (χ1v) is 10.0. The number of nitrogens with one attached hydrogen (secondary N) is 1. The average Bonchev–Trinajstić information content (AvgIpc) is 2.36. The van der Waals surface area contributed by atoms with Crippen LogP contribution in [0.4, 0.5) is 11.4 Å². The van der Waals surface area contributed by atoms with Crippen LogP contribution in [0.1, 0.15) is 0 Å². The lowest BCUT2D eigenvalue weighted by Gasteiger charge is -2.12. The normalized spacial score (nSPS) is 11.4. The van der Waals surface area contributed by atoms with E-state index in [0.29, 0.717) is 20.3 Å². The maximum atomic E-state index is 12.5. The summed E-state index contributed by atoms with van der Waals surface area (Å²) in [5.74, 6) is 0. The first kappa shape index (κ1) is 16.7. The van der Waals surface area contributed by atoms with Crippen molar-refractivity contribution >= 4 is 65.0 Å². The van der Waals surface area contributed by atoms with E-state index >= 15 is 0 Å². The zero-order valence-electron chi connectivity index (χ0n) is 10.9. The van der Waals surface area contributed by atoms with Crippen molar-refractivity contribution in [1.82, 2.24) is 0 Å². The number of benzene rings is 2. The highest BCUT2D eigenvalue weighted by Crippen LogP contribution is 2.33. The Bertz CT molecular complexity index is 756. The van der Waals surface area contributed by atoms with Crippen LogP contribution < -0.4 is 10.5 Å². The lowest BCUT2D eigenvalue weighted by Crippen LogP contribution is -2.14. The molecule has 4 nitrogen and oxygen atoms in total. The summed E-state index contributed by atoms with van der Waals surface area (Å²) >= 11 is 8.03. The minimum absolute atomic E-state index is 0.117. The molecule has 0 saturated heterocycles. The fraction of sp³-hybridized carbons (Fsp3) is 0.0769. The van der Waals surface area contributed by atoms with E-state index in [0.717, 1.165) is 4.90 Å². The number of nitrogen functional groups attached to an aromatic ring is 1. The summed E-state index contributed by atoms with van der Waals surface area (Å²) in [6.45, 7) is 0. The molecule has 0 fully saturated rings. The molecule has 21 heavy (non-hydrogen) atoms. The maximum absolute atomic E-state index is 12.5. The lowest BCUT2D eigenvalue weighted by atomic mass is 10.3. The third kappa shape index (κ3) is 3.94. The number of hydrogen-bond acceptors (Lipinski definition) is 4. The van der Waals surface area contributed by atoms with Gasteiger partial charge in [0.2, 0.25) is 0 Å². The van der Waals surface area contributed by atoms with E-state index in [1.54, 1.807) is 42.1 Å². The quantitative estimate of drug-likeness (QED) is 0.536. The number of sulfonamides is 1. The molecule has 0 unspecified atom stereocenters. The predicted molar refractivity (Wildman–Crippen MR) is 95.3 cm³/mol. The number of thioether (sulfide) groups is 1. The maximum Gasteiger partial charge on any atom is 0.264 e. The highest BCUT2D eigenvalue weighted by Gasteiger charge is 2.22. The molecular weight excluding hydrogens is 440 g/mol. The summed E-state index contributed by atoms with van der Waals surface area (Å²) in [6.07, 6.45) is 1.93. The van der Waals surface area contributed by atoms with E-state index in [9.17, 15) is 8.42 Å². The van der Waals surface area contributed by atoms with Gasteiger partial charge < -0.3 is 5.73 Å². The molecule has 0 atom stereocenters. The molecule has 112 valence electrons. The van der Waals surface area contributed by atoms with Gasteiger partial charge in [0, 0.05) is 25.2 Å². The third-order valence-corrected chi connectivity index (χ3v) is 6.59. The highest BCUT2D eigenvalue weighted by atomic mass is 79.9. The Morgan fingerprint density at radius 3 is 2.33 bits per heavy atom. The van der Waals surface area contributed by atoms with Crippen molar-refractivity contribution in [3.63, 3.8) is 0 Å². The SMILES string of the molecule is CSc1cccc(NS(=O)(=O)c2c(Br)cc(N)cc2Br)c1. The van der Waals surface area contributed by atoms with Crippen LogP contribution in [0.2, 0.25) is 0 Å². The molecule has 2 aromatic rings. The van der Waals surface area contributed by atoms with Crippen molar-refractivity contribution < 1.29 is 8.42 Å². The Morgan fingerprint density at radius 2 is 1.76 bits per heavy atom. The molecule has 0 aliphatic rings. The average molecular weight is 452 g/mol. The van der Waals surface area contributed by atoms with Gasteiger partial charge in [-0.3, -0.25) is 4.72 Å². The van der Waals surface area contributed by atoms with Gasteiger partial charge in [-0.05, 0) is 68.4 Å². The van der Waals surface area contributed by atoms with E-state index in [1.165, 1.54) is 0 Å². The summed E-state index contributed by atoms with van der Waals surface area (Å²) < 4.78 is 28.5. The molecule has 0 aliphatic heterocycles. The van der Waals surface area contributed by atoms with Crippen molar-refractivity contribution in [3.05, 3.63) is 45.3 Å². The Balaban J connectivity index is 2.43. The zero-order valence-corrected chi connectivity index (χ0v) is 15.7. The van der Waals surface area contributed by atoms with E-state index in [4.69, 9.17) is 5.73 Å². The zero-order chi connectivity index (χ0) is 15.6. The van der Waals surface area contributed by atoms with Gasteiger partial charge >= 0.3 is 0 Å². The molecule has 2 rings (SSSR count). The summed E-state index contributed by atoms with van der Waals surface area (Å²) in [5.41, 5.74) is 6.67. The molecule has 0 aliphatic carbocycles. The first-order chi connectivity index (χ1) is 9.83. The van der Waals surface area contributed by atoms with E-state index in [2.05, 4.69) is 36.6 Å². The number of rotatable bonds is 4. The van der Waals surface area contributed by atoms with Crippen LogP contribution in [0.3, 0.4) is 0 Å². The second-order valence-corrected chi connectivity index (χ2v) is 8.36. The van der Waals surface area contributed by atoms with Gasteiger partial charge in [0.1, 0.15) is 4.90 Å². The van der Waals surface area contributed by atoms with Crippen LogP contribution in [-0.2, 0) is 10.0 Å². The molecule has 0 heterocycles. The van der Waals surface area contributed by atoms with Crippen molar-refractivity contribution in [2.75, 3.05) is 16.7 Å². The summed E-state index contributed by atoms with van der Waals surface area (Å²) in [4.78, 5) is 1.09. The van der Waals surface area contributed by atoms with Gasteiger partial charge in [0.15, 0.2) is 0 Å². The monoisotopic (exact) mass is 450 g/mol. The van der Waals surface area contributed by atoms with Gasteiger partial charge in [0.05, 0.1) is 0 Å². The van der Waals surface area contributed by atoms with Crippen molar-refractivity contribution in [2.45, 2.75) is 9.79 Å². The minimum atomic E-state index is -3.72. The van der Waals surface area contributed by atoms with E-state index in [-0.39, 0.29) is 4.90 Å². The second kappa shape index (κ2) is 6.60. The summed E-state index contributed by atoms with van der Waals surface area (Å²) in [7, 11) is -3.72. The molecular formula is C13H12Br2N2O2S2. The van der Waals surface area contributed by atoms with Crippen molar-refractivity contribution in [2.24, 2.45) is 0 Å². The standard InChI is InChI=1S/C13H12Br2N2O2S2/c1-20-10-4-2-3-9(7-10)17-21(18,19)13-11(14)5-8(16)6-12(13)15/h2-7,17H,16H2,1H3. The van der Waals surface area contributed by atoms with Gasteiger partial charge in [-0.25, -0.2) is 8.42 Å². The second-order valence-electron chi connectivity index (χ2n) is 4.15. The molecule has 0 bridgehead atoms. The number of hydrogen-bond donors (Lipinski definition) is 2. The Labute approximate surface area is 144 Å². The van der Waals surface area contributed by atoms with Crippen molar-refractivity contribution in [3.8, 4) is 0 Å². The van der Waals surface area contributed by atoms with Crippen LogP contribution in [0.5, 0.6) is 0 Å². The highest BCUT2D eigenvalue weighted by molar-refractivity contribution is 9.11. The van der Waals surface area contributed by atoms with Crippen LogP contribution in [0, 0.1) is 0 Å². The van der Waals surface area contributed by atoms with Crippen molar-refractivity contribution in [1.29, 1.82) is 0 Å². The molecule has 2 aromatic carbocycles. The molecule has 0 aromatic heterocycles. The molecule has 0 spiro atoms. The van der Waals surface area contributed by atoms with Crippen LogP contribution in [-0.4, -0.2) is 14.7 Å². The number of halogens is 2. The van der Waals surface area contributed by atoms with Crippen LogP contribution >= 0.6 is 43.6 Å². The minimum Gasteiger partial charge on any atom is -0.399 e. The molecule has 0 saturated carbocycles. The third-order valence-electron chi connectivity index (χ3n) is 2.61. The number of nitrogens with two attached hydrogens (primary N) is 1. The Morgan fingerprint density at radius 1 is 1.14 bits per heavy atom. The van der Waals surface area contributed by atoms with E-state index in [1.807, 2.05) is 12.3 Å². The van der Waals surface area contributed by atoms with Crippen LogP contribution in [0.15, 0.2) is 55.1 Å².